The summed E-state index contributed by atoms with van der Waals surface area (Å²) in [5, 5.41) is 11.6. The second-order valence-electron chi connectivity index (χ2n) is 4.37. The number of nitrogens with two attached hydrogens (primary N) is 1. The van der Waals surface area contributed by atoms with Gasteiger partial charge in [-0.05, 0) is 38.6 Å². The molecule has 2 atom stereocenters. The highest BCUT2D eigenvalue weighted by atomic mass is 16.3. The zero-order chi connectivity index (χ0) is 12.4. The third-order valence-corrected chi connectivity index (χ3v) is 2.90. The van der Waals surface area contributed by atoms with Crippen LogP contribution < -0.4 is 11.1 Å². The molecule has 4 heteroatoms. The van der Waals surface area contributed by atoms with Crippen molar-refractivity contribution in [2.45, 2.75) is 52.0 Å². The molecule has 0 saturated heterocycles. The minimum absolute atomic E-state index is 0.0621. The Hall–Kier alpha value is -0.610. The average molecular weight is 230 g/mol. The van der Waals surface area contributed by atoms with E-state index in [1.54, 1.807) is 0 Å². The van der Waals surface area contributed by atoms with Crippen LogP contribution in [-0.2, 0) is 4.79 Å². The molecule has 2 unspecified atom stereocenters. The van der Waals surface area contributed by atoms with Crippen molar-refractivity contribution in [3.05, 3.63) is 0 Å². The van der Waals surface area contributed by atoms with E-state index in [9.17, 15) is 4.79 Å². The van der Waals surface area contributed by atoms with Crippen molar-refractivity contribution in [1.82, 2.24) is 5.32 Å². The molecule has 0 aromatic carbocycles. The van der Waals surface area contributed by atoms with Crippen LogP contribution in [0.3, 0.4) is 0 Å². The number of nitrogens with one attached hydrogen (secondary N) is 1. The molecule has 96 valence electrons. The van der Waals surface area contributed by atoms with Crippen LogP contribution in [0.15, 0.2) is 0 Å². The Balaban J connectivity index is 3.70. The van der Waals surface area contributed by atoms with Gasteiger partial charge in [-0.25, -0.2) is 0 Å². The maximum Gasteiger partial charge on any atom is 0.220 e. The quantitative estimate of drug-likeness (QED) is 0.554. The van der Waals surface area contributed by atoms with Gasteiger partial charge >= 0.3 is 0 Å². The molecule has 0 saturated carbocycles. The summed E-state index contributed by atoms with van der Waals surface area (Å²) in [7, 11) is 0. The topological polar surface area (TPSA) is 75.4 Å². The van der Waals surface area contributed by atoms with E-state index in [2.05, 4.69) is 12.2 Å². The lowest BCUT2D eigenvalue weighted by Gasteiger charge is -2.15. The molecule has 1 amide bonds. The summed E-state index contributed by atoms with van der Waals surface area (Å²) >= 11 is 0. The first-order valence-corrected chi connectivity index (χ1v) is 6.24. The molecule has 0 radical (unpaired) electrons. The second-order valence-corrected chi connectivity index (χ2v) is 4.37. The summed E-state index contributed by atoms with van der Waals surface area (Å²) in [6.45, 7) is 4.85. The predicted octanol–water partition coefficient (Wildman–Crippen LogP) is 1.03. The number of aliphatic hydroxyl groups excluding tert-OH is 1. The van der Waals surface area contributed by atoms with E-state index in [4.69, 9.17) is 10.8 Å². The lowest BCUT2D eigenvalue weighted by Crippen LogP contribution is -2.33. The van der Waals surface area contributed by atoms with Gasteiger partial charge in [0.25, 0.3) is 0 Å². The van der Waals surface area contributed by atoms with Crippen LogP contribution in [0.25, 0.3) is 0 Å². The van der Waals surface area contributed by atoms with E-state index in [-0.39, 0.29) is 18.6 Å². The standard InChI is InChI=1S/C12H26N2O2/c1-3-11(6-8-13)4-5-12(16)14-10(2)7-9-15/h10-11,15H,3-9,13H2,1-2H3,(H,14,16). The zero-order valence-corrected chi connectivity index (χ0v) is 10.5. The van der Waals surface area contributed by atoms with E-state index in [0.29, 0.717) is 25.3 Å². The van der Waals surface area contributed by atoms with Crippen molar-refractivity contribution in [3.63, 3.8) is 0 Å². The summed E-state index contributed by atoms with van der Waals surface area (Å²) in [5.41, 5.74) is 5.50. The molecule has 0 heterocycles. The van der Waals surface area contributed by atoms with Crippen LogP contribution in [0, 0.1) is 5.92 Å². The number of amides is 1. The van der Waals surface area contributed by atoms with Crippen LogP contribution in [0.4, 0.5) is 0 Å². The number of carbonyl (C=O) groups is 1. The van der Waals surface area contributed by atoms with Gasteiger partial charge in [-0.1, -0.05) is 13.3 Å². The Kier molecular flexibility index (Phi) is 9.24. The molecule has 4 N–H and O–H groups in total. The molecule has 16 heavy (non-hydrogen) atoms. The molecule has 0 aromatic heterocycles. The van der Waals surface area contributed by atoms with Crippen molar-refractivity contribution in [2.75, 3.05) is 13.2 Å². The average Bonchev–Trinajstić information content (AvgIpc) is 2.24. The van der Waals surface area contributed by atoms with Crippen molar-refractivity contribution in [1.29, 1.82) is 0 Å². The van der Waals surface area contributed by atoms with Gasteiger partial charge in [-0.2, -0.15) is 0 Å². The maximum absolute atomic E-state index is 11.5. The molecule has 4 nitrogen and oxygen atoms in total. The summed E-state index contributed by atoms with van der Waals surface area (Å²) in [6.07, 6.45) is 4.16. The van der Waals surface area contributed by atoms with Gasteiger partial charge in [-0.3, -0.25) is 4.79 Å². The Bertz CT molecular complexity index is 186. The van der Waals surface area contributed by atoms with Gasteiger partial charge in [0.15, 0.2) is 0 Å². The minimum Gasteiger partial charge on any atom is -0.396 e. The number of rotatable bonds is 9. The zero-order valence-electron chi connectivity index (χ0n) is 10.5. The molecular weight excluding hydrogens is 204 g/mol. The predicted molar refractivity (Wildman–Crippen MR) is 66.0 cm³/mol. The Labute approximate surface area is 98.6 Å². The van der Waals surface area contributed by atoms with Crippen LogP contribution in [0.5, 0.6) is 0 Å². The maximum atomic E-state index is 11.5. The van der Waals surface area contributed by atoms with Gasteiger partial charge in [0.1, 0.15) is 0 Å². The van der Waals surface area contributed by atoms with Crippen molar-refractivity contribution in [3.8, 4) is 0 Å². The summed E-state index contributed by atoms with van der Waals surface area (Å²) in [4.78, 5) is 11.5. The highest BCUT2D eigenvalue weighted by Gasteiger charge is 2.10. The molecule has 0 aliphatic rings. The van der Waals surface area contributed by atoms with E-state index in [1.165, 1.54) is 0 Å². The van der Waals surface area contributed by atoms with Crippen molar-refractivity contribution >= 4 is 5.91 Å². The highest BCUT2D eigenvalue weighted by Crippen LogP contribution is 2.14. The smallest absolute Gasteiger partial charge is 0.220 e. The normalized spacial score (nSPS) is 14.5. The van der Waals surface area contributed by atoms with Gasteiger partial charge < -0.3 is 16.2 Å². The van der Waals surface area contributed by atoms with Gasteiger partial charge in [-0.15, -0.1) is 0 Å². The second kappa shape index (κ2) is 9.60. The SMILES string of the molecule is CCC(CCN)CCC(=O)NC(C)CCO. The Morgan fingerprint density at radius 1 is 1.38 bits per heavy atom. The van der Waals surface area contributed by atoms with Crippen LogP contribution in [0.2, 0.25) is 0 Å². The van der Waals surface area contributed by atoms with E-state index in [1.807, 2.05) is 6.92 Å². The number of hydrogen-bond acceptors (Lipinski definition) is 3. The van der Waals surface area contributed by atoms with Crippen LogP contribution >= 0.6 is 0 Å². The molecule has 0 spiro atoms. The molecule has 0 aliphatic carbocycles. The Morgan fingerprint density at radius 3 is 2.56 bits per heavy atom. The van der Waals surface area contributed by atoms with Gasteiger partial charge in [0.05, 0.1) is 0 Å². The fraction of sp³-hybridized carbons (Fsp3) is 0.917. The van der Waals surface area contributed by atoms with Crippen LogP contribution in [0.1, 0.15) is 46.0 Å². The molecule has 0 aliphatic heterocycles. The monoisotopic (exact) mass is 230 g/mol. The summed E-state index contributed by atoms with van der Waals surface area (Å²) < 4.78 is 0. The van der Waals surface area contributed by atoms with E-state index in [0.717, 1.165) is 19.3 Å². The number of carbonyl (C=O) groups excluding carboxylic acids is 1. The molecule has 0 fully saturated rings. The van der Waals surface area contributed by atoms with Gasteiger partial charge in [0.2, 0.25) is 5.91 Å². The first-order chi connectivity index (χ1) is 7.63. The lowest BCUT2D eigenvalue weighted by atomic mass is 9.96. The number of hydrogen-bond donors (Lipinski definition) is 3. The highest BCUT2D eigenvalue weighted by molar-refractivity contribution is 5.76. The van der Waals surface area contributed by atoms with Gasteiger partial charge in [0, 0.05) is 19.1 Å². The first-order valence-electron chi connectivity index (χ1n) is 6.24. The lowest BCUT2D eigenvalue weighted by molar-refractivity contribution is -0.122. The summed E-state index contributed by atoms with van der Waals surface area (Å²) in [5.74, 6) is 0.639. The van der Waals surface area contributed by atoms with E-state index < -0.39 is 0 Å². The largest absolute Gasteiger partial charge is 0.396 e. The van der Waals surface area contributed by atoms with Crippen LogP contribution in [-0.4, -0.2) is 30.2 Å². The third kappa shape index (κ3) is 7.65. The van der Waals surface area contributed by atoms with Crippen molar-refractivity contribution in [2.24, 2.45) is 11.7 Å². The number of aliphatic hydroxyl groups is 1. The fourth-order valence-corrected chi connectivity index (χ4v) is 1.74. The molecule has 0 bridgehead atoms. The fourth-order valence-electron chi connectivity index (χ4n) is 1.74. The first kappa shape index (κ1) is 15.4. The molecular formula is C12H26N2O2. The van der Waals surface area contributed by atoms with E-state index >= 15 is 0 Å². The van der Waals surface area contributed by atoms with Crippen molar-refractivity contribution < 1.29 is 9.90 Å². The Morgan fingerprint density at radius 2 is 2.06 bits per heavy atom. The molecule has 0 aromatic rings. The minimum atomic E-state index is 0.0621. The molecule has 0 rings (SSSR count). The third-order valence-electron chi connectivity index (χ3n) is 2.90. The summed E-state index contributed by atoms with van der Waals surface area (Å²) in [6, 6.07) is 0.0621.